The topological polar surface area (TPSA) is 23.6 Å². The van der Waals surface area contributed by atoms with E-state index < -0.39 is 0 Å². The summed E-state index contributed by atoms with van der Waals surface area (Å²) in [4.78, 5) is 17.0. The van der Waals surface area contributed by atoms with Gasteiger partial charge in [-0.15, -0.1) is 0 Å². The highest BCUT2D eigenvalue weighted by Gasteiger charge is 2.40. The lowest BCUT2D eigenvalue weighted by atomic mass is 9.89. The fraction of sp³-hybridized carbons (Fsp3) is 0.933. The lowest BCUT2D eigenvalue weighted by Crippen LogP contribution is -2.34. The van der Waals surface area contributed by atoms with Gasteiger partial charge in [-0.25, -0.2) is 0 Å². The molecule has 2 unspecified atom stereocenters. The molecular formula is C15H28N2O. The molecule has 18 heavy (non-hydrogen) atoms. The van der Waals surface area contributed by atoms with Gasteiger partial charge in [0.2, 0.25) is 0 Å². The summed E-state index contributed by atoms with van der Waals surface area (Å²) < 4.78 is 0. The van der Waals surface area contributed by atoms with Crippen molar-refractivity contribution in [3.8, 4) is 0 Å². The number of carbonyl (C=O) groups excluding carboxylic acids is 1. The molecule has 0 bridgehead atoms. The summed E-state index contributed by atoms with van der Waals surface area (Å²) >= 11 is 0. The molecule has 1 aliphatic heterocycles. The molecule has 0 spiro atoms. The maximum absolute atomic E-state index is 12.2. The molecule has 104 valence electrons. The SMILES string of the molecule is CN1CCC(CN(C)CC2CCC(C)(C)C2=O)C1. The van der Waals surface area contributed by atoms with Gasteiger partial charge in [0.05, 0.1) is 0 Å². The Morgan fingerprint density at radius 2 is 2.06 bits per heavy atom. The van der Waals surface area contributed by atoms with Crippen LogP contribution in [0, 0.1) is 17.3 Å². The highest BCUT2D eigenvalue weighted by molar-refractivity contribution is 5.88. The highest BCUT2D eigenvalue weighted by Crippen LogP contribution is 2.37. The van der Waals surface area contributed by atoms with Crippen molar-refractivity contribution in [2.24, 2.45) is 17.3 Å². The van der Waals surface area contributed by atoms with Gasteiger partial charge >= 0.3 is 0 Å². The van der Waals surface area contributed by atoms with Crippen molar-refractivity contribution >= 4 is 5.78 Å². The third kappa shape index (κ3) is 3.12. The fourth-order valence-electron chi connectivity index (χ4n) is 3.58. The van der Waals surface area contributed by atoms with Gasteiger partial charge in [0.1, 0.15) is 5.78 Å². The summed E-state index contributed by atoms with van der Waals surface area (Å²) in [5.74, 6) is 1.56. The minimum atomic E-state index is -0.0704. The van der Waals surface area contributed by atoms with Crippen LogP contribution < -0.4 is 0 Å². The molecule has 1 aliphatic carbocycles. The number of likely N-dealkylation sites (tertiary alicyclic amines) is 1. The van der Waals surface area contributed by atoms with Gasteiger partial charge in [-0.3, -0.25) is 4.79 Å². The molecule has 3 heteroatoms. The van der Waals surface area contributed by atoms with E-state index in [1.807, 2.05) is 0 Å². The molecule has 1 saturated carbocycles. The lowest BCUT2D eigenvalue weighted by molar-refractivity contribution is -0.127. The summed E-state index contributed by atoms with van der Waals surface area (Å²) in [7, 11) is 4.37. The second kappa shape index (κ2) is 5.30. The molecule has 0 N–H and O–H groups in total. The van der Waals surface area contributed by atoms with Crippen molar-refractivity contribution in [2.45, 2.75) is 33.1 Å². The van der Waals surface area contributed by atoms with Crippen LogP contribution >= 0.6 is 0 Å². The average Bonchev–Trinajstić information content (AvgIpc) is 2.78. The van der Waals surface area contributed by atoms with E-state index in [-0.39, 0.29) is 11.3 Å². The zero-order chi connectivity index (χ0) is 13.3. The van der Waals surface area contributed by atoms with Crippen molar-refractivity contribution in [2.75, 3.05) is 40.3 Å². The van der Waals surface area contributed by atoms with Crippen molar-refractivity contribution in [1.29, 1.82) is 0 Å². The van der Waals surface area contributed by atoms with E-state index in [2.05, 4.69) is 37.7 Å². The second-order valence-electron chi connectivity index (χ2n) is 7.12. The molecule has 2 fully saturated rings. The zero-order valence-electron chi connectivity index (χ0n) is 12.4. The van der Waals surface area contributed by atoms with Gasteiger partial charge in [0.15, 0.2) is 0 Å². The largest absolute Gasteiger partial charge is 0.306 e. The third-order valence-corrected chi connectivity index (χ3v) is 4.75. The third-order valence-electron chi connectivity index (χ3n) is 4.75. The predicted octanol–water partition coefficient (Wildman–Crippen LogP) is 1.88. The Morgan fingerprint density at radius 3 is 2.56 bits per heavy atom. The molecule has 2 rings (SSSR count). The summed E-state index contributed by atoms with van der Waals surface area (Å²) in [5.41, 5.74) is -0.0704. The molecule has 0 radical (unpaired) electrons. The summed E-state index contributed by atoms with van der Waals surface area (Å²) in [6.45, 7) is 8.75. The van der Waals surface area contributed by atoms with Crippen LogP contribution in [0.4, 0.5) is 0 Å². The van der Waals surface area contributed by atoms with Crippen LogP contribution in [-0.2, 0) is 4.79 Å². The van der Waals surface area contributed by atoms with Crippen molar-refractivity contribution in [3.05, 3.63) is 0 Å². The van der Waals surface area contributed by atoms with Gasteiger partial charge in [-0.2, -0.15) is 0 Å². The Labute approximate surface area is 112 Å². The van der Waals surface area contributed by atoms with Crippen LogP contribution in [0.1, 0.15) is 33.1 Å². The van der Waals surface area contributed by atoms with Gasteiger partial charge < -0.3 is 9.80 Å². The van der Waals surface area contributed by atoms with E-state index >= 15 is 0 Å². The van der Waals surface area contributed by atoms with Gasteiger partial charge in [-0.1, -0.05) is 13.8 Å². The number of Topliss-reactive ketones (excluding diaryl/α,β-unsaturated/α-hetero) is 1. The Balaban J connectivity index is 1.78. The molecule has 0 aromatic heterocycles. The quantitative estimate of drug-likeness (QED) is 0.763. The maximum Gasteiger partial charge on any atom is 0.142 e. The monoisotopic (exact) mass is 252 g/mol. The average molecular weight is 252 g/mol. The highest BCUT2D eigenvalue weighted by atomic mass is 16.1. The van der Waals surface area contributed by atoms with Crippen molar-refractivity contribution < 1.29 is 4.79 Å². The first-order valence-electron chi connectivity index (χ1n) is 7.30. The normalized spacial score (nSPS) is 32.6. The number of hydrogen-bond donors (Lipinski definition) is 0. The zero-order valence-corrected chi connectivity index (χ0v) is 12.4. The van der Waals surface area contributed by atoms with Gasteiger partial charge in [-0.05, 0) is 45.8 Å². The molecule has 0 aromatic rings. The van der Waals surface area contributed by atoms with Gasteiger partial charge in [0.25, 0.3) is 0 Å². The number of ketones is 1. The Morgan fingerprint density at radius 1 is 1.33 bits per heavy atom. The van der Waals surface area contributed by atoms with Crippen LogP contribution in [0.15, 0.2) is 0 Å². The first-order valence-corrected chi connectivity index (χ1v) is 7.30. The second-order valence-corrected chi connectivity index (χ2v) is 7.12. The van der Waals surface area contributed by atoms with E-state index in [4.69, 9.17) is 0 Å². The van der Waals surface area contributed by atoms with Crippen molar-refractivity contribution in [3.63, 3.8) is 0 Å². The minimum absolute atomic E-state index is 0.0704. The molecule has 0 aromatic carbocycles. The van der Waals surface area contributed by atoms with Crippen molar-refractivity contribution in [1.82, 2.24) is 9.80 Å². The number of rotatable bonds is 4. The maximum atomic E-state index is 12.2. The molecule has 2 atom stereocenters. The molecule has 2 aliphatic rings. The smallest absolute Gasteiger partial charge is 0.142 e. The first kappa shape index (κ1) is 14.0. The van der Waals surface area contributed by atoms with Gasteiger partial charge in [0, 0.05) is 31.0 Å². The molecule has 1 saturated heterocycles. The van der Waals surface area contributed by atoms with Crippen LogP contribution in [0.2, 0.25) is 0 Å². The standard InChI is InChI=1S/C15H28N2O/c1-15(2)7-5-13(14(15)18)11-17(4)10-12-6-8-16(3)9-12/h12-13H,5-11H2,1-4H3. The van der Waals surface area contributed by atoms with E-state index in [0.29, 0.717) is 5.78 Å². The minimum Gasteiger partial charge on any atom is -0.306 e. The number of hydrogen-bond acceptors (Lipinski definition) is 3. The fourth-order valence-corrected chi connectivity index (χ4v) is 3.58. The van der Waals surface area contributed by atoms with E-state index in [1.54, 1.807) is 0 Å². The number of nitrogens with zero attached hydrogens (tertiary/aromatic N) is 2. The summed E-state index contributed by atoms with van der Waals surface area (Å²) in [6, 6.07) is 0. The summed E-state index contributed by atoms with van der Waals surface area (Å²) in [6.07, 6.45) is 3.46. The van der Waals surface area contributed by atoms with Crippen LogP contribution in [0.5, 0.6) is 0 Å². The van der Waals surface area contributed by atoms with E-state index in [0.717, 1.165) is 31.8 Å². The number of carbonyl (C=O) groups is 1. The molecule has 3 nitrogen and oxygen atoms in total. The van der Waals surface area contributed by atoms with E-state index in [9.17, 15) is 4.79 Å². The van der Waals surface area contributed by atoms with E-state index in [1.165, 1.54) is 19.5 Å². The summed E-state index contributed by atoms with van der Waals surface area (Å²) in [5, 5.41) is 0. The molecule has 0 amide bonds. The molecular weight excluding hydrogens is 224 g/mol. The Kier molecular flexibility index (Phi) is 4.12. The molecule has 1 heterocycles. The Bertz CT molecular complexity index is 314. The van der Waals surface area contributed by atoms with Crippen LogP contribution in [-0.4, -0.2) is 55.9 Å². The van der Waals surface area contributed by atoms with Crippen LogP contribution in [0.3, 0.4) is 0 Å². The predicted molar refractivity (Wildman–Crippen MR) is 74.6 cm³/mol. The Hall–Kier alpha value is -0.410. The first-order chi connectivity index (χ1) is 8.38. The lowest BCUT2D eigenvalue weighted by Gasteiger charge is -2.24. The van der Waals surface area contributed by atoms with Crippen LogP contribution in [0.25, 0.3) is 0 Å².